The number of fused-ring (bicyclic) bond motifs is 3. The van der Waals surface area contributed by atoms with Gasteiger partial charge in [0.1, 0.15) is 16.6 Å². The molecule has 0 atom stereocenters. The molecule has 23 heteroatoms. The van der Waals surface area contributed by atoms with Gasteiger partial charge < -0.3 is 35.8 Å². The lowest BCUT2D eigenvalue weighted by atomic mass is 10.0. The second-order valence-electron chi connectivity index (χ2n) is 18.0. The predicted molar refractivity (Wildman–Crippen MR) is 305 cm³/mol. The fourth-order valence-corrected chi connectivity index (χ4v) is 12.0. The zero-order chi connectivity index (χ0) is 53.6. The molecule has 6 amide bonds. The summed E-state index contributed by atoms with van der Waals surface area (Å²) >= 11 is 22.5. The maximum absolute atomic E-state index is 12.6. The van der Waals surface area contributed by atoms with Crippen molar-refractivity contribution >= 4 is 104 Å². The second-order valence-corrected chi connectivity index (χ2v) is 22.5. The number of carbonyl (C=O) groups excluding carboxylic acids is 3. The summed E-state index contributed by atoms with van der Waals surface area (Å²) in [4.78, 5) is 46.9. The van der Waals surface area contributed by atoms with E-state index in [1.807, 2.05) is 46.7 Å². The van der Waals surface area contributed by atoms with Crippen LogP contribution in [-0.2, 0) is 45.5 Å². The van der Waals surface area contributed by atoms with Gasteiger partial charge in [-0.2, -0.15) is 20.6 Å². The van der Waals surface area contributed by atoms with Crippen LogP contribution >= 0.6 is 68.8 Å². The number of nitrogens with one attached hydrogen (secondary N) is 6. The summed E-state index contributed by atoms with van der Waals surface area (Å²) in [6, 6.07) is 30.9. The molecule has 0 saturated heterocycles. The van der Waals surface area contributed by atoms with Crippen LogP contribution in [0.5, 0.6) is 0 Å². The molecule has 0 aliphatic carbocycles. The molecule has 3 aliphatic heterocycles. The fraction of sp³-hybridized carbons (Fsp3) is 0.204. The first-order chi connectivity index (χ1) is 37.4. The minimum atomic E-state index is -0.184. The van der Waals surface area contributed by atoms with Crippen LogP contribution in [-0.4, -0.2) is 88.1 Å². The van der Waals surface area contributed by atoms with E-state index in [9.17, 15) is 24.8 Å². The molecule has 392 valence electrons. The van der Waals surface area contributed by atoms with E-state index in [4.69, 9.17) is 34.8 Å². The summed E-state index contributed by atoms with van der Waals surface area (Å²) in [6.07, 6.45) is 2.19. The largest absolute Gasteiger partial charge is 0.391 e. The molecule has 17 nitrogen and oxygen atoms in total. The van der Waals surface area contributed by atoms with Crippen molar-refractivity contribution in [2.75, 3.05) is 35.6 Å². The highest BCUT2D eigenvalue weighted by molar-refractivity contribution is 7.15. The standard InChI is InChI=1S/C18H14ClN5OS.C18H17ClN4O2S.C18H17ClN4OS/c19-11-2-1-3-12(8-11)21-18(25)24-6-4-15-14(10-24)17(23-22-15)13-5-7-26-16(13)9-20;19-11-2-1-3-12(8-11)20-18(25)23-7-6-15-14(9-23)17(22-21-15)16-5-4-13(10-24)26-16;1-11-14(6-8-25-11)17-15-10-23(7-5-16(15)21-22-17)18(24)20-13-4-2-3-12(19)9-13/h1-3,5,7-8H,4,6,10H2,(H,21,25)(H,22,23);1-5,8,24H,6-7,9-10H2,(H,20,25)(H,21,22);2-4,6,8-9H,5,7,10H2,1H3,(H,20,24)(H,21,22). The Balaban J connectivity index is 0.000000131. The number of halogens is 3. The van der Waals surface area contributed by atoms with Crippen LogP contribution in [0.25, 0.3) is 33.1 Å². The van der Waals surface area contributed by atoms with Gasteiger partial charge in [-0.15, -0.1) is 34.0 Å². The molecule has 7 N–H and O–H groups in total. The fourth-order valence-electron chi connectivity index (χ4n) is 9.16. The van der Waals surface area contributed by atoms with Gasteiger partial charge in [-0.1, -0.05) is 53.0 Å². The van der Waals surface area contributed by atoms with E-state index in [0.717, 1.165) is 84.6 Å². The lowest BCUT2D eigenvalue weighted by Gasteiger charge is -2.27. The first kappa shape index (κ1) is 52.9. The molecule has 0 bridgehead atoms. The number of nitriles is 1. The molecule has 0 spiro atoms. The monoisotopic (exact) mass is 1140 g/mol. The van der Waals surface area contributed by atoms with Crippen molar-refractivity contribution in [1.29, 1.82) is 5.26 Å². The van der Waals surface area contributed by atoms with E-state index in [2.05, 4.69) is 71.0 Å². The van der Waals surface area contributed by atoms with E-state index in [-0.39, 0.29) is 24.7 Å². The predicted octanol–water partition coefficient (Wildman–Crippen LogP) is 12.8. The van der Waals surface area contributed by atoms with Crippen molar-refractivity contribution in [1.82, 2.24) is 45.3 Å². The van der Waals surface area contributed by atoms with Crippen molar-refractivity contribution in [3.05, 3.63) is 171 Å². The van der Waals surface area contributed by atoms with Crippen molar-refractivity contribution in [2.24, 2.45) is 0 Å². The Labute approximate surface area is 469 Å². The first-order valence-electron chi connectivity index (χ1n) is 24.3. The van der Waals surface area contributed by atoms with E-state index in [1.54, 1.807) is 75.7 Å². The Morgan fingerprint density at radius 1 is 0.610 bits per heavy atom. The van der Waals surface area contributed by atoms with Crippen LogP contribution < -0.4 is 16.0 Å². The summed E-state index contributed by atoms with van der Waals surface area (Å²) in [5, 5.41) is 55.5. The van der Waals surface area contributed by atoms with Gasteiger partial charge in [0, 0.05) is 126 Å². The van der Waals surface area contributed by atoms with Gasteiger partial charge in [-0.05, 0) is 96.5 Å². The maximum atomic E-state index is 12.6. The third-order valence-electron chi connectivity index (χ3n) is 13.1. The number of carbonyl (C=O) groups is 3. The summed E-state index contributed by atoms with van der Waals surface area (Å²) in [7, 11) is 0. The Kier molecular flexibility index (Phi) is 16.4. The minimum absolute atomic E-state index is 0.0193. The molecule has 3 aromatic carbocycles. The second kappa shape index (κ2) is 23.8. The number of urea groups is 3. The normalized spacial score (nSPS) is 13.4. The van der Waals surface area contributed by atoms with Crippen LogP contribution in [0.1, 0.15) is 48.4 Å². The summed E-state index contributed by atoms with van der Waals surface area (Å²) in [5.74, 6) is 0. The number of aromatic nitrogens is 6. The van der Waals surface area contributed by atoms with E-state index < -0.39 is 0 Å². The molecule has 3 aliphatic rings. The van der Waals surface area contributed by atoms with Crippen LogP contribution in [0.3, 0.4) is 0 Å². The van der Waals surface area contributed by atoms with Gasteiger partial charge in [0.05, 0.1) is 42.5 Å². The molecule has 0 fully saturated rings. The summed E-state index contributed by atoms with van der Waals surface area (Å²) in [6.45, 7) is 5.45. The van der Waals surface area contributed by atoms with Gasteiger partial charge in [-0.25, -0.2) is 14.4 Å². The van der Waals surface area contributed by atoms with Crippen LogP contribution in [0.2, 0.25) is 15.1 Å². The van der Waals surface area contributed by atoms with E-state index >= 15 is 0 Å². The van der Waals surface area contributed by atoms with E-state index in [1.165, 1.54) is 27.6 Å². The van der Waals surface area contributed by atoms with Crippen molar-refractivity contribution < 1.29 is 19.5 Å². The number of thiophene rings is 3. The van der Waals surface area contributed by atoms with Gasteiger partial charge in [-0.3, -0.25) is 15.3 Å². The SMILES string of the molecule is Cc1sccc1-c1n[nH]c2c1CN(C(=O)Nc1cccc(Cl)c1)CC2.N#Cc1sccc1-c1n[nH]c2c1CN(C(=O)Nc1cccc(Cl)c1)CC2.O=C(Nc1cccc(Cl)c1)N1CCc2[nH]nc(-c3ccc(CO)s3)c2C1. The number of rotatable bonds is 7. The average molecular weight is 1150 g/mol. The molecule has 0 radical (unpaired) electrons. The van der Waals surface area contributed by atoms with Crippen molar-refractivity contribution in [2.45, 2.75) is 52.4 Å². The summed E-state index contributed by atoms with van der Waals surface area (Å²) < 4.78 is 0. The van der Waals surface area contributed by atoms with Gasteiger partial charge >= 0.3 is 18.1 Å². The van der Waals surface area contributed by atoms with Gasteiger partial charge in [0.15, 0.2) is 0 Å². The van der Waals surface area contributed by atoms with Gasteiger partial charge in [0.25, 0.3) is 0 Å². The molecule has 0 saturated carbocycles. The Bertz CT molecular complexity index is 3650. The molecular weight excluding hydrogens is 1100 g/mol. The zero-order valence-corrected chi connectivity index (χ0v) is 45.8. The highest BCUT2D eigenvalue weighted by Crippen LogP contribution is 2.36. The van der Waals surface area contributed by atoms with E-state index in [0.29, 0.717) is 82.7 Å². The van der Waals surface area contributed by atoms with Gasteiger partial charge in [0.2, 0.25) is 0 Å². The lowest BCUT2D eigenvalue weighted by molar-refractivity contribution is 0.205. The number of benzene rings is 3. The number of aromatic amines is 3. The number of hydrogen-bond acceptors (Lipinski definition) is 11. The molecule has 6 aromatic heterocycles. The number of aryl methyl sites for hydroxylation is 1. The smallest absolute Gasteiger partial charge is 0.322 e. The molecular formula is C54H48Cl3N13O4S3. The summed E-state index contributed by atoms with van der Waals surface area (Å²) in [5.41, 5.74) is 12.8. The highest BCUT2D eigenvalue weighted by Gasteiger charge is 2.30. The molecule has 9 heterocycles. The molecule has 9 aromatic rings. The zero-order valence-electron chi connectivity index (χ0n) is 41.1. The van der Waals surface area contributed by atoms with Crippen molar-refractivity contribution in [3.8, 4) is 39.2 Å². The number of hydrogen-bond donors (Lipinski definition) is 7. The third kappa shape index (κ3) is 12.2. The first-order valence-corrected chi connectivity index (χ1v) is 28.0. The third-order valence-corrected chi connectivity index (χ3v) is 16.5. The Morgan fingerprint density at radius 2 is 1.04 bits per heavy atom. The Hall–Kier alpha value is -7.48. The topological polar surface area (TPSA) is 227 Å². The van der Waals surface area contributed by atoms with Crippen LogP contribution in [0, 0.1) is 18.3 Å². The number of H-pyrrole nitrogens is 3. The molecule has 77 heavy (non-hydrogen) atoms. The lowest BCUT2D eigenvalue weighted by Crippen LogP contribution is -2.38. The maximum Gasteiger partial charge on any atom is 0.322 e. The quantitative estimate of drug-likeness (QED) is 0.0810. The van der Waals surface area contributed by atoms with Crippen molar-refractivity contribution in [3.63, 3.8) is 0 Å². The number of aliphatic hydroxyl groups is 1. The molecule has 12 rings (SSSR count). The number of nitrogens with zero attached hydrogens (tertiary/aromatic N) is 7. The Morgan fingerprint density at radius 3 is 1.45 bits per heavy atom. The molecule has 0 unspecified atom stereocenters. The average Bonchev–Trinajstić information content (AvgIpc) is 4.32. The number of anilines is 3. The minimum Gasteiger partial charge on any atom is -0.391 e. The number of aliphatic hydroxyl groups excluding tert-OH is 1. The number of amides is 6. The highest BCUT2D eigenvalue weighted by atomic mass is 35.5. The van der Waals surface area contributed by atoms with Crippen LogP contribution in [0.4, 0.5) is 31.4 Å². The van der Waals surface area contributed by atoms with Crippen LogP contribution in [0.15, 0.2) is 108 Å².